The van der Waals surface area contributed by atoms with Gasteiger partial charge in [0.1, 0.15) is 0 Å². The Morgan fingerprint density at radius 2 is 2.22 bits per heavy atom. The third kappa shape index (κ3) is 149. The SMILES string of the molecule is CCCON.O=[N+]([O-])O. The van der Waals surface area contributed by atoms with Gasteiger partial charge >= 0.3 is 0 Å². The monoisotopic (exact) mass is 138 g/mol. The second kappa shape index (κ2) is 10.2. The molecule has 0 aliphatic rings. The molecule has 9 heavy (non-hydrogen) atoms. The van der Waals surface area contributed by atoms with E-state index in [0.29, 0.717) is 6.61 Å². The highest BCUT2D eigenvalue weighted by Crippen LogP contribution is 1.67. The zero-order valence-electron chi connectivity index (χ0n) is 5.11. The molecule has 0 aliphatic carbocycles. The van der Waals surface area contributed by atoms with Gasteiger partial charge in [-0.15, -0.1) is 10.1 Å². The van der Waals surface area contributed by atoms with E-state index in [1.165, 1.54) is 0 Å². The van der Waals surface area contributed by atoms with Gasteiger partial charge in [-0.3, -0.25) is 0 Å². The number of hydrogen-bond donors (Lipinski definition) is 2. The minimum Gasteiger partial charge on any atom is -0.328 e. The summed E-state index contributed by atoms with van der Waals surface area (Å²) in [7, 11) is 0. The molecule has 0 aromatic carbocycles. The van der Waals surface area contributed by atoms with E-state index in [4.69, 9.17) is 15.3 Å². The van der Waals surface area contributed by atoms with Crippen LogP contribution in [0.15, 0.2) is 0 Å². The highest BCUT2D eigenvalue weighted by molar-refractivity contribution is 4.14. The smallest absolute Gasteiger partial charge is 0.291 e. The Morgan fingerprint density at radius 1 is 1.89 bits per heavy atom. The van der Waals surface area contributed by atoms with Gasteiger partial charge in [-0.2, -0.15) is 0 Å². The van der Waals surface area contributed by atoms with Gasteiger partial charge in [0.25, 0.3) is 5.09 Å². The summed E-state index contributed by atoms with van der Waals surface area (Å²) in [6.45, 7) is 2.67. The van der Waals surface area contributed by atoms with Crippen molar-refractivity contribution in [2.24, 2.45) is 5.90 Å². The van der Waals surface area contributed by atoms with Crippen molar-refractivity contribution in [1.82, 2.24) is 0 Å². The van der Waals surface area contributed by atoms with E-state index in [1.807, 2.05) is 6.92 Å². The zero-order chi connectivity index (χ0) is 7.70. The molecular weight excluding hydrogens is 128 g/mol. The average molecular weight is 138 g/mol. The van der Waals surface area contributed by atoms with Crippen LogP contribution in [0.3, 0.4) is 0 Å². The number of nitrogens with zero attached hydrogens (tertiary/aromatic N) is 1. The molecule has 0 rings (SSSR count). The normalized spacial score (nSPS) is 7.33. The molecular formula is C3H10N2O4. The summed E-state index contributed by atoms with van der Waals surface area (Å²) < 4.78 is 0. The van der Waals surface area contributed by atoms with E-state index in [9.17, 15) is 0 Å². The van der Waals surface area contributed by atoms with Crippen LogP contribution in [-0.2, 0) is 4.84 Å². The number of nitrogens with two attached hydrogens (primary N) is 1. The molecule has 0 radical (unpaired) electrons. The quantitative estimate of drug-likeness (QED) is 0.411. The summed E-state index contributed by atoms with van der Waals surface area (Å²) in [5.41, 5.74) is 0. The molecule has 56 valence electrons. The summed E-state index contributed by atoms with van der Waals surface area (Å²) >= 11 is 0. The molecule has 0 bridgehead atoms. The van der Waals surface area contributed by atoms with Crippen LogP contribution in [0.1, 0.15) is 13.3 Å². The molecule has 0 aromatic heterocycles. The van der Waals surface area contributed by atoms with Crippen molar-refractivity contribution in [3.8, 4) is 0 Å². The Morgan fingerprint density at radius 3 is 2.22 bits per heavy atom. The van der Waals surface area contributed by atoms with Gasteiger partial charge in [0, 0.05) is 0 Å². The Labute approximate surface area is 52.3 Å². The van der Waals surface area contributed by atoms with Crippen LogP contribution in [-0.4, -0.2) is 16.9 Å². The molecule has 0 spiro atoms. The Kier molecular flexibility index (Phi) is 12.4. The molecule has 0 aliphatic heterocycles. The maximum atomic E-state index is 8.36. The van der Waals surface area contributed by atoms with Gasteiger partial charge < -0.3 is 10.0 Å². The number of hydrogen-bond acceptors (Lipinski definition) is 4. The summed E-state index contributed by atoms with van der Waals surface area (Å²) in [5, 5.41) is 13.6. The van der Waals surface area contributed by atoms with Crippen molar-refractivity contribution in [3.05, 3.63) is 10.1 Å². The van der Waals surface area contributed by atoms with Crippen LogP contribution in [0, 0.1) is 10.1 Å². The minimum atomic E-state index is -1.50. The lowest BCUT2D eigenvalue weighted by molar-refractivity contribution is -0.742. The van der Waals surface area contributed by atoms with Crippen LogP contribution < -0.4 is 5.90 Å². The van der Waals surface area contributed by atoms with Crippen LogP contribution in [0.2, 0.25) is 0 Å². The standard InChI is InChI=1S/C3H9NO.HNO3/c1-2-3-5-4;2-1(3)4/h2-4H2,1H3;(H,2,3,4). The maximum Gasteiger partial charge on any atom is 0.291 e. The Bertz CT molecular complexity index is 60.8. The Hall–Kier alpha value is -0.880. The average Bonchev–Trinajstić information content (AvgIpc) is 1.66. The third-order valence-corrected chi connectivity index (χ3v) is 0.322. The van der Waals surface area contributed by atoms with E-state index >= 15 is 0 Å². The summed E-state index contributed by atoms with van der Waals surface area (Å²) in [4.78, 5) is 12.6. The lowest BCUT2D eigenvalue weighted by Crippen LogP contribution is -1.97. The first kappa shape index (κ1) is 11.0. The molecule has 0 atom stereocenters. The first-order chi connectivity index (χ1) is 4.15. The van der Waals surface area contributed by atoms with E-state index < -0.39 is 5.09 Å². The van der Waals surface area contributed by atoms with Crippen molar-refractivity contribution >= 4 is 0 Å². The highest BCUT2D eigenvalue weighted by atomic mass is 16.9. The second-order valence-corrected chi connectivity index (χ2v) is 1.11. The molecule has 6 heteroatoms. The third-order valence-electron chi connectivity index (χ3n) is 0.322. The first-order valence-corrected chi connectivity index (χ1v) is 2.30. The van der Waals surface area contributed by atoms with Crippen LogP contribution in [0.25, 0.3) is 0 Å². The van der Waals surface area contributed by atoms with Crippen LogP contribution in [0.4, 0.5) is 0 Å². The predicted octanol–water partition coefficient (Wildman–Crippen LogP) is -0.0610. The van der Waals surface area contributed by atoms with Crippen molar-refractivity contribution in [2.45, 2.75) is 13.3 Å². The van der Waals surface area contributed by atoms with Gasteiger partial charge in [0.05, 0.1) is 6.61 Å². The van der Waals surface area contributed by atoms with Gasteiger partial charge in [0.15, 0.2) is 0 Å². The fourth-order valence-electron chi connectivity index (χ4n) is 0.118. The van der Waals surface area contributed by atoms with Crippen molar-refractivity contribution < 1.29 is 15.1 Å². The van der Waals surface area contributed by atoms with E-state index in [1.54, 1.807) is 0 Å². The van der Waals surface area contributed by atoms with Crippen LogP contribution >= 0.6 is 0 Å². The van der Waals surface area contributed by atoms with Gasteiger partial charge in [-0.1, -0.05) is 6.92 Å². The molecule has 0 amide bonds. The maximum absolute atomic E-state index is 8.36. The van der Waals surface area contributed by atoms with Gasteiger partial charge in [0.2, 0.25) is 0 Å². The molecule has 0 saturated carbocycles. The minimum absolute atomic E-state index is 0.667. The molecule has 0 fully saturated rings. The zero-order valence-corrected chi connectivity index (χ0v) is 5.11. The summed E-state index contributed by atoms with van der Waals surface area (Å²) in [5.74, 6) is 4.64. The van der Waals surface area contributed by atoms with Gasteiger partial charge in [-0.05, 0) is 6.42 Å². The second-order valence-electron chi connectivity index (χ2n) is 1.11. The van der Waals surface area contributed by atoms with Gasteiger partial charge in [-0.25, -0.2) is 5.90 Å². The predicted molar refractivity (Wildman–Crippen MR) is 29.2 cm³/mol. The van der Waals surface area contributed by atoms with Crippen molar-refractivity contribution in [2.75, 3.05) is 6.61 Å². The first-order valence-electron chi connectivity index (χ1n) is 2.30. The van der Waals surface area contributed by atoms with E-state index in [-0.39, 0.29) is 0 Å². The molecule has 3 N–H and O–H groups in total. The van der Waals surface area contributed by atoms with Crippen molar-refractivity contribution in [1.29, 1.82) is 0 Å². The van der Waals surface area contributed by atoms with E-state index in [0.717, 1.165) is 6.42 Å². The summed E-state index contributed by atoms with van der Waals surface area (Å²) in [6, 6.07) is 0. The van der Waals surface area contributed by atoms with Crippen molar-refractivity contribution in [3.63, 3.8) is 0 Å². The van der Waals surface area contributed by atoms with Crippen LogP contribution in [0.5, 0.6) is 0 Å². The van der Waals surface area contributed by atoms with E-state index in [2.05, 4.69) is 10.7 Å². The lowest BCUT2D eigenvalue weighted by atomic mass is 10.5. The fraction of sp³-hybridized carbons (Fsp3) is 1.00. The molecule has 0 saturated heterocycles. The molecule has 0 unspecified atom stereocenters. The molecule has 6 nitrogen and oxygen atoms in total. The Balaban J connectivity index is 0. The topological polar surface area (TPSA) is 98.6 Å². The molecule has 0 aromatic rings. The lowest BCUT2D eigenvalue weighted by Gasteiger charge is -1.83. The number of rotatable bonds is 2. The molecule has 0 heterocycles. The largest absolute Gasteiger partial charge is 0.328 e. The highest BCUT2D eigenvalue weighted by Gasteiger charge is 1.67. The summed E-state index contributed by atoms with van der Waals surface area (Å²) in [6.07, 6.45) is 0.997. The fourth-order valence-corrected chi connectivity index (χ4v) is 0.118.